The fraction of sp³-hybridized carbons (Fsp3) is 0.462. The molecule has 1 fully saturated rings. The first-order valence-corrected chi connectivity index (χ1v) is 6.88. The lowest BCUT2D eigenvalue weighted by molar-refractivity contribution is 0.269. The molecule has 17 heavy (non-hydrogen) atoms. The van der Waals surface area contributed by atoms with Crippen molar-refractivity contribution in [2.45, 2.75) is 37.6 Å². The zero-order valence-electron chi connectivity index (χ0n) is 9.55. The summed E-state index contributed by atoms with van der Waals surface area (Å²) in [6.45, 7) is 0. The smallest absolute Gasteiger partial charge is 0.171 e. The Balaban J connectivity index is 2.13. The van der Waals surface area contributed by atoms with E-state index in [1.807, 2.05) is 12.1 Å². The Hall–Kier alpha value is -0.800. The number of benzene rings is 1. The van der Waals surface area contributed by atoms with Gasteiger partial charge in [-0.1, -0.05) is 43.0 Å². The number of thiocarbonyl (C=S) groups is 1. The summed E-state index contributed by atoms with van der Waals surface area (Å²) in [5, 5.41) is 8.13. The molecule has 0 radical (unpaired) electrons. The number of halogens is 1. The summed E-state index contributed by atoms with van der Waals surface area (Å²) in [4.78, 5) is 0. The van der Waals surface area contributed by atoms with Gasteiger partial charge in [0.25, 0.3) is 0 Å². The number of rotatable bonds is 0. The third-order valence-corrected chi connectivity index (χ3v) is 4.35. The molecule has 0 saturated heterocycles. The van der Waals surface area contributed by atoms with Gasteiger partial charge < -0.3 is 10.6 Å². The normalized spacial score (nSPS) is 21.6. The van der Waals surface area contributed by atoms with Crippen LogP contribution in [0.4, 0.5) is 5.69 Å². The summed E-state index contributed by atoms with van der Waals surface area (Å²) in [6, 6.07) is 6.10. The van der Waals surface area contributed by atoms with Crippen molar-refractivity contribution in [3.05, 3.63) is 28.8 Å². The highest BCUT2D eigenvalue weighted by atomic mass is 35.5. The second-order valence-corrected chi connectivity index (χ2v) is 5.70. The van der Waals surface area contributed by atoms with E-state index in [2.05, 4.69) is 16.7 Å². The molecule has 1 aliphatic carbocycles. The lowest BCUT2D eigenvalue weighted by atomic mass is 9.75. The molecule has 2 nitrogen and oxygen atoms in total. The molecule has 2 N–H and O–H groups in total. The average molecular weight is 267 g/mol. The van der Waals surface area contributed by atoms with Crippen LogP contribution < -0.4 is 10.6 Å². The molecule has 4 heteroatoms. The van der Waals surface area contributed by atoms with E-state index in [4.69, 9.17) is 23.8 Å². The second-order valence-electron chi connectivity index (χ2n) is 4.88. The van der Waals surface area contributed by atoms with Gasteiger partial charge in [-0.15, -0.1) is 0 Å². The summed E-state index contributed by atoms with van der Waals surface area (Å²) in [5.41, 5.74) is 2.29. The number of fused-ring (bicyclic) bond motifs is 2. The Morgan fingerprint density at radius 2 is 1.94 bits per heavy atom. The minimum Gasteiger partial charge on any atom is -0.353 e. The van der Waals surface area contributed by atoms with Crippen molar-refractivity contribution in [1.82, 2.24) is 5.32 Å². The van der Waals surface area contributed by atoms with Gasteiger partial charge in [0.1, 0.15) is 0 Å². The molecule has 0 unspecified atom stereocenters. The van der Waals surface area contributed by atoms with E-state index in [0.717, 1.165) is 23.6 Å². The van der Waals surface area contributed by atoms with Crippen molar-refractivity contribution in [2.24, 2.45) is 0 Å². The van der Waals surface area contributed by atoms with Gasteiger partial charge in [0.2, 0.25) is 0 Å². The maximum absolute atomic E-state index is 6.26. The summed E-state index contributed by atoms with van der Waals surface area (Å²) in [5.74, 6) is 0. The van der Waals surface area contributed by atoms with Gasteiger partial charge in [0.05, 0.1) is 16.2 Å². The molecule has 0 aromatic heterocycles. The molecular formula is C13H15ClN2S. The topological polar surface area (TPSA) is 24.1 Å². The minimum absolute atomic E-state index is 0.0147. The van der Waals surface area contributed by atoms with Crippen LogP contribution in [0.15, 0.2) is 18.2 Å². The predicted molar refractivity (Wildman–Crippen MR) is 75.6 cm³/mol. The largest absolute Gasteiger partial charge is 0.353 e. The highest BCUT2D eigenvalue weighted by Crippen LogP contribution is 2.44. The van der Waals surface area contributed by atoms with Gasteiger partial charge in [0.15, 0.2) is 5.11 Å². The maximum atomic E-state index is 6.26. The third kappa shape index (κ3) is 1.81. The monoisotopic (exact) mass is 266 g/mol. The van der Waals surface area contributed by atoms with E-state index in [-0.39, 0.29) is 5.54 Å². The molecule has 3 rings (SSSR count). The van der Waals surface area contributed by atoms with E-state index in [0.29, 0.717) is 5.11 Å². The van der Waals surface area contributed by atoms with E-state index < -0.39 is 0 Å². The van der Waals surface area contributed by atoms with E-state index in [9.17, 15) is 0 Å². The van der Waals surface area contributed by atoms with Crippen molar-refractivity contribution >= 4 is 34.6 Å². The Kier molecular flexibility index (Phi) is 2.75. The van der Waals surface area contributed by atoms with Crippen LogP contribution >= 0.6 is 23.8 Å². The van der Waals surface area contributed by atoms with Crippen LogP contribution in [0, 0.1) is 0 Å². The van der Waals surface area contributed by atoms with Crippen LogP contribution in [0.2, 0.25) is 5.02 Å². The molecule has 1 saturated carbocycles. The first-order chi connectivity index (χ1) is 8.21. The molecular weight excluding hydrogens is 252 g/mol. The summed E-state index contributed by atoms with van der Waals surface area (Å²) in [7, 11) is 0. The quantitative estimate of drug-likeness (QED) is 0.699. The summed E-state index contributed by atoms with van der Waals surface area (Å²) >= 11 is 11.6. The van der Waals surface area contributed by atoms with E-state index in [1.54, 1.807) is 0 Å². The SMILES string of the molecule is S=C1Nc2c(Cl)cccc2C2(CCCCC2)N1. The Bertz CT molecular complexity index is 466. The van der Waals surface area contributed by atoms with Crippen LogP contribution in [-0.4, -0.2) is 5.11 Å². The zero-order valence-corrected chi connectivity index (χ0v) is 11.1. The van der Waals surface area contributed by atoms with E-state index >= 15 is 0 Å². The molecule has 0 bridgehead atoms. The molecule has 1 heterocycles. The van der Waals surface area contributed by atoms with E-state index in [1.165, 1.54) is 24.8 Å². The third-order valence-electron chi connectivity index (χ3n) is 3.83. The van der Waals surface area contributed by atoms with Crippen LogP contribution in [-0.2, 0) is 5.54 Å². The zero-order chi connectivity index (χ0) is 11.9. The van der Waals surface area contributed by atoms with Crippen LogP contribution in [0.5, 0.6) is 0 Å². The van der Waals surface area contributed by atoms with Gasteiger partial charge in [-0.05, 0) is 31.1 Å². The fourth-order valence-electron chi connectivity index (χ4n) is 3.03. The number of hydrogen-bond acceptors (Lipinski definition) is 1. The van der Waals surface area contributed by atoms with Gasteiger partial charge in [-0.2, -0.15) is 0 Å². The molecule has 2 aliphatic rings. The highest BCUT2D eigenvalue weighted by molar-refractivity contribution is 7.80. The minimum atomic E-state index is 0.0147. The lowest BCUT2D eigenvalue weighted by Gasteiger charge is -2.44. The standard InChI is InChI=1S/C13H15ClN2S/c14-10-6-4-5-9-11(10)15-12(17)16-13(9)7-2-1-3-8-13/h4-6H,1-3,7-8H2,(H2,15,16,17). The molecule has 90 valence electrons. The van der Waals surface area contributed by atoms with Gasteiger partial charge in [-0.25, -0.2) is 0 Å². The summed E-state index contributed by atoms with van der Waals surface area (Å²) < 4.78 is 0. The first-order valence-electron chi connectivity index (χ1n) is 6.09. The van der Waals surface area contributed by atoms with Gasteiger partial charge in [-0.3, -0.25) is 0 Å². The Labute approximate surface area is 112 Å². The first kappa shape index (κ1) is 11.3. The number of nitrogens with one attached hydrogen (secondary N) is 2. The lowest BCUT2D eigenvalue weighted by Crippen LogP contribution is -2.52. The second kappa shape index (κ2) is 4.14. The molecule has 1 aromatic rings. The average Bonchev–Trinajstić information content (AvgIpc) is 2.32. The predicted octanol–water partition coefficient (Wildman–Crippen LogP) is 3.80. The van der Waals surface area contributed by atoms with Crippen molar-refractivity contribution in [3.63, 3.8) is 0 Å². The highest BCUT2D eigenvalue weighted by Gasteiger charge is 2.39. The fourth-order valence-corrected chi connectivity index (χ4v) is 3.55. The van der Waals surface area contributed by atoms with Crippen molar-refractivity contribution in [1.29, 1.82) is 0 Å². The Morgan fingerprint density at radius 1 is 1.18 bits per heavy atom. The van der Waals surface area contributed by atoms with Gasteiger partial charge >= 0.3 is 0 Å². The Morgan fingerprint density at radius 3 is 2.71 bits per heavy atom. The van der Waals surface area contributed by atoms with Gasteiger partial charge in [0, 0.05) is 5.56 Å². The van der Waals surface area contributed by atoms with Crippen LogP contribution in [0.25, 0.3) is 0 Å². The van der Waals surface area contributed by atoms with Crippen molar-refractivity contribution < 1.29 is 0 Å². The van der Waals surface area contributed by atoms with Crippen LogP contribution in [0.3, 0.4) is 0 Å². The molecule has 0 atom stereocenters. The number of hydrogen-bond donors (Lipinski definition) is 2. The van der Waals surface area contributed by atoms with Crippen molar-refractivity contribution in [3.8, 4) is 0 Å². The molecule has 1 spiro atoms. The molecule has 1 aliphatic heterocycles. The number of anilines is 1. The molecule has 0 amide bonds. The van der Waals surface area contributed by atoms with Crippen molar-refractivity contribution in [2.75, 3.05) is 5.32 Å². The van der Waals surface area contributed by atoms with Crippen LogP contribution in [0.1, 0.15) is 37.7 Å². The maximum Gasteiger partial charge on any atom is 0.171 e. The summed E-state index contributed by atoms with van der Waals surface area (Å²) in [6.07, 6.45) is 6.10. The number of para-hydroxylation sites is 1. The molecule has 1 aromatic carbocycles.